The van der Waals surface area contributed by atoms with E-state index in [1.54, 1.807) is 0 Å². The van der Waals surface area contributed by atoms with Crippen molar-refractivity contribution in [2.24, 2.45) is 5.92 Å². The van der Waals surface area contributed by atoms with Crippen LogP contribution in [-0.2, 0) is 25.1 Å². The van der Waals surface area contributed by atoms with Crippen LogP contribution >= 0.6 is 7.60 Å². The number of hydrogen-bond acceptors (Lipinski definition) is 8. The molecule has 1 aromatic heterocycles. The summed E-state index contributed by atoms with van der Waals surface area (Å²) >= 11 is 0. The van der Waals surface area contributed by atoms with Crippen molar-refractivity contribution < 1.29 is 28.6 Å². The lowest BCUT2D eigenvalue weighted by Gasteiger charge is -2.19. The predicted molar refractivity (Wildman–Crippen MR) is 165 cm³/mol. The molecule has 2 atom stereocenters. The van der Waals surface area contributed by atoms with Crippen LogP contribution in [0.15, 0.2) is 17.1 Å². The van der Waals surface area contributed by atoms with Crippen LogP contribution in [0, 0.1) is 5.92 Å². The molecule has 0 aliphatic rings. The van der Waals surface area contributed by atoms with Gasteiger partial charge in [0.15, 0.2) is 0 Å². The van der Waals surface area contributed by atoms with E-state index < -0.39 is 32.3 Å². The molecule has 1 heterocycles. The Morgan fingerprint density at radius 2 is 1.41 bits per heavy atom. The molecule has 1 rings (SSSR count). The summed E-state index contributed by atoms with van der Waals surface area (Å²) in [6.07, 6.45) is 20.4. The Morgan fingerprint density at radius 1 is 0.878 bits per heavy atom. The van der Waals surface area contributed by atoms with Crippen molar-refractivity contribution in [3.8, 4) is 0 Å². The zero-order valence-corrected chi connectivity index (χ0v) is 26.6. The predicted octanol–water partition coefficient (Wildman–Crippen LogP) is 6.28. The van der Waals surface area contributed by atoms with E-state index in [4.69, 9.17) is 19.7 Å². The number of rotatable bonds is 28. The Hall–Kier alpha value is -1.29. The number of hydrogen-bond donors (Lipinski definition) is 3. The summed E-state index contributed by atoms with van der Waals surface area (Å²) in [6.45, 7) is 5.37. The molecule has 0 amide bonds. The van der Waals surface area contributed by atoms with Crippen molar-refractivity contribution in [3.05, 3.63) is 22.7 Å². The van der Waals surface area contributed by atoms with Gasteiger partial charge in [0.05, 0.1) is 25.9 Å². The maximum Gasteiger partial charge on any atom is 0.353 e. The number of nitrogens with zero attached hydrogens (tertiary/aromatic N) is 2. The molecule has 10 nitrogen and oxygen atoms in total. The number of unbranched alkanes of at least 4 members (excludes halogenated alkanes) is 13. The molecular formula is C30H58N3O7P. The van der Waals surface area contributed by atoms with Crippen LogP contribution in [0.4, 0.5) is 5.82 Å². The first-order valence-electron chi connectivity index (χ1n) is 15.8. The highest BCUT2D eigenvalue weighted by Crippen LogP contribution is 2.42. The Bertz CT molecular complexity index is 869. The van der Waals surface area contributed by atoms with Crippen LogP contribution in [0.3, 0.4) is 0 Å². The first-order valence-corrected chi connectivity index (χ1v) is 17.6. The number of nitrogen functional groups attached to an aromatic ring is 1. The van der Waals surface area contributed by atoms with Crippen LogP contribution in [-0.4, -0.2) is 58.4 Å². The number of ether oxygens (including phenoxy) is 2. The lowest BCUT2D eigenvalue weighted by atomic mass is 10.0. The Kier molecular flexibility index (Phi) is 22.3. The topological polar surface area (TPSA) is 146 Å². The van der Waals surface area contributed by atoms with Crippen LogP contribution in [0.2, 0.25) is 0 Å². The van der Waals surface area contributed by atoms with Gasteiger partial charge in [-0.3, -0.25) is 9.13 Å². The van der Waals surface area contributed by atoms with E-state index in [0.29, 0.717) is 19.6 Å². The average molecular weight is 604 g/mol. The number of nitrogens with two attached hydrogens (primary N) is 1. The molecule has 0 fully saturated rings. The second-order valence-corrected chi connectivity index (χ2v) is 13.2. The summed E-state index contributed by atoms with van der Waals surface area (Å²) in [5, 5.41) is 9.48. The van der Waals surface area contributed by atoms with Gasteiger partial charge in [0.2, 0.25) is 0 Å². The number of aliphatic hydroxyl groups excluding tert-OH is 1. The van der Waals surface area contributed by atoms with Gasteiger partial charge in [0, 0.05) is 19.4 Å². The molecule has 1 unspecified atom stereocenters. The van der Waals surface area contributed by atoms with Crippen LogP contribution in [0.5, 0.6) is 0 Å². The van der Waals surface area contributed by atoms with Gasteiger partial charge in [0.25, 0.3) is 0 Å². The molecule has 41 heavy (non-hydrogen) atoms. The van der Waals surface area contributed by atoms with Crippen LogP contribution in [0.1, 0.15) is 117 Å². The Labute approximate surface area is 247 Å². The quantitative estimate of drug-likeness (QED) is 0.0744. The minimum Gasteiger partial charge on any atom is -0.394 e. The van der Waals surface area contributed by atoms with E-state index in [-0.39, 0.29) is 19.0 Å². The second kappa shape index (κ2) is 24.2. The molecule has 240 valence electrons. The molecule has 0 bridgehead atoms. The van der Waals surface area contributed by atoms with Gasteiger partial charge in [0.1, 0.15) is 12.2 Å². The van der Waals surface area contributed by atoms with Crippen LogP contribution in [0.25, 0.3) is 0 Å². The monoisotopic (exact) mass is 603 g/mol. The Morgan fingerprint density at radius 3 is 1.95 bits per heavy atom. The molecule has 0 aliphatic carbocycles. The minimum atomic E-state index is -3.99. The third-order valence-corrected chi connectivity index (χ3v) is 8.08. The minimum absolute atomic E-state index is 0.0323. The highest BCUT2D eigenvalue weighted by molar-refractivity contribution is 7.52. The van der Waals surface area contributed by atoms with E-state index >= 15 is 0 Å². The summed E-state index contributed by atoms with van der Waals surface area (Å²) in [5.41, 5.74) is 4.86. The molecule has 0 saturated carbocycles. The van der Waals surface area contributed by atoms with Crippen molar-refractivity contribution in [3.63, 3.8) is 0 Å². The molecule has 0 aromatic carbocycles. The average Bonchev–Trinajstić information content (AvgIpc) is 2.92. The SMILES string of the molecule is CC(C)CCCCCCCCCCCCCCCCOCCCOP(=O)(O)CO[C@H](CO)Cn1ccc(N)nc1=O. The third kappa shape index (κ3) is 22.0. The zero-order valence-electron chi connectivity index (χ0n) is 25.7. The summed E-state index contributed by atoms with van der Waals surface area (Å²) in [6, 6.07) is 1.44. The van der Waals surface area contributed by atoms with E-state index in [9.17, 15) is 19.4 Å². The third-order valence-electron chi connectivity index (χ3n) is 7.02. The van der Waals surface area contributed by atoms with Gasteiger partial charge in [-0.25, -0.2) is 4.79 Å². The number of aliphatic hydroxyl groups is 1. The largest absolute Gasteiger partial charge is 0.394 e. The summed E-state index contributed by atoms with van der Waals surface area (Å²) in [5.74, 6) is 0.936. The standard InChI is InChI=1S/C30H58N3O7P/c1-27(2)18-15-13-11-9-7-5-3-4-6-8-10-12-14-16-21-38-22-17-23-40-41(36,37)26-39-28(25-34)24-33-20-19-29(31)32-30(33)35/h19-20,27-28,34H,3-18,21-26H2,1-2H3,(H,36,37)(H2,31,32,35)/t28-/m0/s1. The number of aromatic nitrogens is 2. The Balaban J connectivity index is 1.90. The van der Waals surface area contributed by atoms with Crippen molar-refractivity contribution in [1.29, 1.82) is 0 Å². The van der Waals surface area contributed by atoms with Gasteiger partial charge in [-0.15, -0.1) is 0 Å². The first-order chi connectivity index (χ1) is 19.7. The van der Waals surface area contributed by atoms with E-state index in [0.717, 1.165) is 12.3 Å². The fraction of sp³-hybridized carbons (Fsp3) is 0.867. The van der Waals surface area contributed by atoms with E-state index in [1.165, 1.54) is 107 Å². The maximum atomic E-state index is 12.2. The molecule has 4 N–H and O–H groups in total. The smallest absolute Gasteiger partial charge is 0.353 e. The van der Waals surface area contributed by atoms with Crippen molar-refractivity contribution >= 4 is 13.4 Å². The van der Waals surface area contributed by atoms with Crippen molar-refractivity contribution in [1.82, 2.24) is 9.55 Å². The highest BCUT2D eigenvalue weighted by Gasteiger charge is 2.22. The lowest BCUT2D eigenvalue weighted by molar-refractivity contribution is 0.0162. The van der Waals surface area contributed by atoms with E-state index in [1.807, 2.05) is 0 Å². The summed E-state index contributed by atoms with van der Waals surface area (Å²) < 4.78 is 29.4. The molecule has 1 aromatic rings. The van der Waals surface area contributed by atoms with Crippen molar-refractivity contribution in [2.75, 3.05) is 38.5 Å². The first kappa shape index (κ1) is 37.7. The second-order valence-electron chi connectivity index (χ2n) is 11.5. The highest BCUT2D eigenvalue weighted by atomic mass is 31.2. The summed E-state index contributed by atoms with van der Waals surface area (Å²) in [4.78, 5) is 25.4. The molecule has 0 saturated heterocycles. The van der Waals surface area contributed by atoms with Gasteiger partial charge in [-0.05, 0) is 24.8 Å². The van der Waals surface area contributed by atoms with Crippen LogP contribution < -0.4 is 11.4 Å². The fourth-order valence-electron chi connectivity index (χ4n) is 4.55. The number of anilines is 1. The van der Waals surface area contributed by atoms with Gasteiger partial charge in [-0.1, -0.05) is 104 Å². The molecule has 11 heteroatoms. The van der Waals surface area contributed by atoms with Crippen molar-refractivity contribution in [2.45, 2.75) is 129 Å². The summed E-state index contributed by atoms with van der Waals surface area (Å²) in [7, 11) is -3.99. The van der Waals surface area contributed by atoms with Gasteiger partial charge >= 0.3 is 13.3 Å². The normalized spacial score (nSPS) is 14.0. The molecular weight excluding hydrogens is 545 g/mol. The molecule has 0 radical (unpaired) electrons. The molecule has 0 aliphatic heterocycles. The van der Waals surface area contributed by atoms with Gasteiger partial charge in [-0.2, -0.15) is 4.98 Å². The lowest BCUT2D eigenvalue weighted by Crippen LogP contribution is -2.32. The fourth-order valence-corrected chi connectivity index (χ4v) is 5.44. The van der Waals surface area contributed by atoms with E-state index in [2.05, 4.69) is 18.8 Å². The molecule has 0 spiro atoms. The van der Waals surface area contributed by atoms with Gasteiger partial charge < -0.3 is 29.7 Å². The maximum absolute atomic E-state index is 12.2. The zero-order chi connectivity index (χ0) is 30.2.